The quantitative estimate of drug-likeness (QED) is 0.848. The van der Waals surface area contributed by atoms with E-state index < -0.39 is 21.3 Å². The molecule has 0 saturated heterocycles. The SMILES string of the molecule is CC(C)(Cc1ccccc1Cl)NC(=O)c1ccc(CS(C)(=O)=O)o1. The highest BCUT2D eigenvalue weighted by molar-refractivity contribution is 7.89. The van der Waals surface area contributed by atoms with Crippen molar-refractivity contribution >= 4 is 27.3 Å². The molecule has 0 aliphatic heterocycles. The van der Waals surface area contributed by atoms with Crippen LogP contribution >= 0.6 is 11.6 Å². The molecule has 0 aliphatic carbocycles. The van der Waals surface area contributed by atoms with E-state index in [1.165, 1.54) is 12.1 Å². The van der Waals surface area contributed by atoms with Gasteiger partial charge in [0.2, 0.25) is 0 Å². The van der Waals surface area contributed by atoms with Gasteiger partial charge < -0.3 is 9.73 Å². The summed E-state index contributed by atoms with van der Waals surface area (Å²) in [6.07, 6.45) is 1.66. The van der Waals surface area contributed by atoms with Gasteiger partial charge in [-0.25, -0.2) is 8.42 Å². The maximum atomic E-state index is 12.3. The van der Waals surface area contributed by atoms with Gasteiger partial charge in [-0.3, -0.25) is 4.79 Å². The molecule has 1 aromatic heterocycles. The summed E-state index contributed by atoms with van der Waals surface area (Å²) in [5, 5.41) is 3.53. The highest BCUT2D eigenvalue weighted by Crippen LogP contribution is 2.21. The Morgan fingerprint density at radius 2 is 1.88 bits per heavy atom. The van der Waals surface area contributed by atoms with Crippen molar-refractivity contribution in [1.82, 2.24) is 5.32 Å². The summed E-state index contributed by atoms with van der Waals surface area (Å²) in [7, 11) is -3.21. The van der Waals surface area contributed by atoms with Crippen LogP contribution in [0, 0.1) is 0 Å². The maximum Gasteiger partial charge on any atom is 0.287 e. The van der Waals surface area contributed by atoms with E-state index in [9.17, 15) is 13.2 Å². The fourth-order valence-electron chi connectivity index (χ4n) is 2.37. The number of hydrogen-bond acceptors (Lipinski definition) is 4. The highest BCUT2D eigenvalue weighted by Gasteiger charge is 2.24. The van der Waals surface area contributed by atoms with Gasteiger partial charge in [0, 0.05) is 16.8 Å². The normalized spacial score (nSPS) is 12.2. The Labute approximate surface area is 146 Å². The average molecular weight is 370 g/mol. The molecule has 2 rings (SSSR count). The summed E-state index contributed by atoms with van der Waals surface area (Å²) in [6, 6.07) is 10.4. The molecule has 0 bridgehead atoms. The van der Waals surface area contributed by atoms with Crippen molar-refractivity contribution in [3.63, 3.8) is 0 Å². The number of nitrogens with one attached hydrogen (secondary N) is 1. The van der Waals surface area contributed by atoms with Crippen LogP contribution in [0.2, 0.25) is 5.02 Å². The number of sulfone groups is 1. The van der Waals surface area contributed by atoms with Crippen molar-refractivity contribution < 1.29 is 17.6 Å². The first-order valence-electron chi connectivity index (χ1n) is 7.38. The number of amides is 1. The minimum absolute atomic E-state index is 0.0842. The Hall–Kier alpha value is -1.79. The first kappa shape index (κ1) is 18.5. The fraction of sp³-hybridized carbons (Fsp3) is 0.353. The van der Waals surface area contributed by atoms with Gasteiger partial charge >= 0.3 is 0 Å². The molecule has 24 heavy (non-hydrogen) atoms. The standard InChI is InChI=1S/C17H20ClNO4S/c1-17(2,10-12-6-4-5-7-14(12)18)19-16(20)15-9-8-13(23-15)11-24(3,21)22/h4-9H,10-11H2,1-3H3,(H,19,20). The van der Waals surface area contributed by atoms with Crippen LogP contribution in [0.1, 0.15) is 35.7 Å². The lowest BCUT2D eigenvalue weighted by atomic mass is 9.94. The van der Waals surface area contributed by atoms with E-state index >= 15 is 0 Å². The van der Waals surface area contributed by atoms with E-state index in [4.69, 9.17) is 16.0 Å². The monoisotopic (exact) mass is 369 g/mol. The van der Waals surface area contributed by atoms with Gasteiger partial charge in [0.1, 0.15) is 11.5 Å². The molecular weight excluding hydrogens is 350 g/mol. The van der Waals surface area contributed by atoms with Crippen LogP contribution in [0.4, 0.5) is 0 Å². The number of benzene rings is 1. The lowest BCUT2D eigenvalue weighted by Crippen LogP contribution is -2.45. The molecular formula is C17H20ClNO4S. The van der Waals surface area contributed by atoms with E-state index in [0.717, 1.165) is 11.8 Å². The third-order valence-electron chi connectivity index (χ3n) is 3.33. The maximum absolute atomic E-state index is 12.3. The molecule has 2 aromatic rings. The lowest BCUT2D eigenvalue weighted by Gasteiger charge is -2.26. The fourth-order valence-corrected chi connectivity index (χ4v) is 3.24. The van der Waals surface area contributed by atoms with E-state index in [0.29, 0.717) is 11.4 Å². The van der Waals surface area contributed by atoms with Crippen LogP contribution < -0.4 is 5.32 Å². The number of rotatable bonds is 6. The zero-order valence-corrected chi connectivity index (χ0v) is 15.4. The van der Waals surface area contributed by atoms with Crippen molar-refractivity contribution in [2.75, 3.05) is 6.26 Å². The first-order chi connectivity index (χ1) is 11.1. The van der Waals surface area contributed by atoms with Crippen LogP contribution in [0.25, 0.3) is 0 Å². The molecule has 0 saturated carbocycles. The highest BCUT2D eigenvalue weighted by atomic mass is 35.5. The van der Waals surface area contributed by atoms with Gasteiger partial charge in [0.15, 0.2) is 15.6 Å². The van der Waals surface area contributed by atoms with Crippen molar-refractivity contribution in [2.45, 2.75) is 31.6 Å². The molecule has 0 spiro atoms. The summed E-state index contributed by atoms with van der Waals surface area (Å²) >= 11 is 6.16. The molecule has 0 unspecified atom stereocenters. The van der Waals surface area contributed by atoms with Crippen molar-refractivity contribution in [3.8, 4) is 0 Å². The minimum Gasteiger partial charge on any atom is -0.455 e. The summed E-state index contributed by atoms with van der Waals surface area (Å²) in [5.74, 6) is -0.303. The second-order valence-electron chi connectivity index (χ2n) is 6.44. The zero-order valence-electron chi connectivity index (χ0n) is 13.8. The molecule has 0 aliphatic rings. The molecule has 5 nitrogen and oxygen atoms in total. The largest absolute Gasteiger partial charge is 0.455 e. The van der Waals surface area contributed by atoms with Gasteiger partial charge in [-0.2, -0.15) is 0 Å². The second-order valence-corrected chi connectivity index (χ2v) is 8.99. The predicted octanol–water partition coefficient (Wildman–Crippen LogP) is 3.23. The molecule has 130 valence electrons. The van der Waals surface area contributed by atoms with E-state index in [2.05, 4.69) is 5.32 Å². The van der Waals surface area contributed by atoms with Crippen molar-refractivity contribution in [1.29, 1.82) is 0 Å². The van der Waals surface area contributed by atoms with E-state index in [-0.39, 0.29) is 17.3 Å². The van der Waals surface area contributed by atoms with Gasteiger partial charge in [-0.05, 0) is 44.0 Å². The second kappa shape index (κ2) is 6.99. The average Bonchev–Trinajstić information content (AvgIpc) is 2.87. The molecule has 0 radical (unpaired) electrons. The number of carbonyl (C=O) groups excluding carboxylic acids is 1. The Morgan fingerprint density at radius 3 is 2.50 bits per heavy atom. The van der Waals surface area contributed by atoms with Gasteiger partial charge in [0.05, 0.1) is 0 Å². The smallest absolute Gasteiger partial charge is 0.287 e. The third-order valence-corrected chi connectivity index (χ3v) is 4.51. The number of furan rings is 1. The van der Waals surface area contributed by atoms with E-state index in [1.807, 2.05) is 32.0 Å². The molecule has 0 atom stereocenters. The molecule has 7 heteroatoms. The molecule has 1 heterocycles. The molecule has 1 aromatic carbocycles. The predicted molar refractivity (Wildman–Crippen MR) is 94.0 cm³/mol. The molecule has 0 fully saturated rings. The van der Waals surface area contributed by atoms with E-state index in [1.54, 1.807) is 6.07 Å². The summed E-state index contributed by atoms with van der Waals surface area (Å²) in [5.41, 5.74) is 0.382. The minimum atomic E-state index is -3.21. The Balaban J connectivity index is 2.06. The van der Waals surface area contributed by atoms with Gasteiger partial charge in [0.25, 0.3) is 5.91 Å². The molecule has 1 amide bonds. The number of carbonyl (C=O) groups is 1. The zero-order chi connectivity index (χ0) is 18.0. The molecule has 1 N–H and O–H groups in total. The number of halogens is 1. The lowest BCUT2D eigenvalue weighted by molar-refractivity contribution is 0.0883. The summed E-state index contributed by atoms with van der Waals surface area (Å²) in [4.78, 5) is 12.3. The first-order valence-corrected chi connectivity index (χ1v) is 9.82. The Bertz CT molecular complexity index is 840. The van der Waals surface area contributed by atoms with Crippen LogP contribution in [0.5, 0.6) is 0 Å². The van der Waals surface area contributed by atoms with Gasteiger partial charge in [-0.15, -0.1) is 0 Å². The Kier molecular flexibility index (Phi) is 5.40. The van der Waals surface area contributed by atoms with Crippen LogP contribution in [-0.2, 0) is 22.0 Å². The summed E-state index contributed by atoms with van der Waals surface area (Å²) < 4.78 is 27.9. The van der Waals surface area contributed by atoms with Crippen LogP contribution in [-0.4, -0.2) is 26.1 Å². The third kappa shape index (κ3) is 5.39. The topological polar surface area (TPSA) is 76.4 Å². The van der Waals surface area contributed by atoms with Crippen LogP contribution in [0.15, 0.2) is 40.8 Å². The number of hydrogen-bond donors (Lipinski definition) is 1. The van der Waals surface area contributed by atoms with Gasteiger partial charge in [-0.1, -0.05) is 29.8 Å². The summed E-state index contributed by atoms with van der Waals surface area (Å²) in [6.45, 7) is 3.77. The van der Waals surface area contributed by atoms with Crippen LogP contribution in [0.3, 0.4) is 0 Å². The van der Waals surface area contributed by atoms with Crippen molar-refractivity contribution in [3.05, 3.63) is 58.5 Å². The van der Waals surface area contributed by atoms with Crippen molar-refractivity contribution in [2.24, 2.45) is 0 Å². The Morgan fingerprint density at radius 1 is 1.21 bits per heavy atom.